The van der Waals surface area contributed by atoms with Crippen LogP contribution in [0.5, 0.6) is 5.75 Å². The molecule has 7 heteroatoms. The highest BCUT2D eigenvalue weighted by Crippen LogP contribution is 2.30. The number of hydrogen-bond acceptors (Lipinski definition) is 5. The van der Waals surface area contributed by atoms with Crippen molar-refractivity contribution in [2.24, 2.45) is 4.99 Å². The summed E-state index contributed by atoms with van der Waals surface area (Å²) in [7, 11) is 1.54. The van der Waals surface area contributed by atoms with E-state index >= 15 is 0 Å². The van der Waals surface area contributed by atoms with Gasteiger partial charge in [-0.2, -0.15) is 0 Å². The number of benzene rings is 2. The lowest BCUT2D eigenvalue weighted by Gasteiger charge is -2.08. The molecule has 0 bridgehead atoms. The van der Waals surface area contributed by atoms with Gasteiger partial charge in [0, 0.05) is 16.6 Å². The van der Waals surface area contributed by atoms with E-state index in [-0.39, 0.29) is 17.0 Å². The zero-order valence-corrected chi connectivity index (χ0v) is 17.1. The highest BCUT2D eigenvalue weighted by Gasteiger charge is 2.14. The first-order valence-corrected chi connectivity index (χ1v) is 9.56. The van der Waals surface area contributed by atoms with Crippen LogP contribution >= 0.6 is 11.6 Å². The third-order valence-corrected chi connectivity index (χ3v) is 4.65. The van der Waals surface area contributed by atoms with Crippen molar-refractivity contribution in [3.05, 3.63) is 88.6 Å². The van der Waals surface area contributed by atoms with Gasteiger partial charge in [0.15, 0.2) is 0 Å². The molecule has 0 unspecified atom stereocenters. The number of para-hydroxylation sites is 1. The molecule has 150 valence electrons. The highest BCUT2D eigenvalue weighted by atomic mass is 35.5. The molecule has 1 N–H and O–H groups in total. The van der Waals surface area contributed by atoms with Gasteiger partial charge in [0.05, 0.1) is 7.11 Å². The van der Waals surface area contributed by atoms with Gasteiger partial charge in [-0.25, -0.2) is 9.98 Å². The summed E-state index contributed by atoms with van der Waals surface area (Å²) in [6.07, 6.45) is 1.68. The highest BCUT2D eigenvalue weighted by molar-refractivity contribution is 6.30. The van der Waals surface area contributed by atoms with E-state index in [1.807, 2.05) is 37.3 Å². The molecule has 0 aliphatic rings. The molecule has 0 radical (unpaired) electrons. The molecular weight excluding hydrogens is 402 g/mol. The first kappa shape index (κ1) is 19.7. The molecule has 0 fully saturated rings. The molecule has 4 aromatic rings. The topological polar surface area (TPSA) is 76.7 Å². The first-order chi connectivity index (χ1) is 14.5. The van der Waals surface area contributed by atoms with Gasteiger partial charge in [-0.15, -0.1) is 0 Å². The normalized spacial score (nSPS) is 11.5. The zero-order chi connectivity index (χ0) is 21.1. The van der Waals surface area contributed by atoms with Crippen LogP contribution in [-0.2, 0) is 0 Å². The van der Waals surface area contributed by atoms with Crippen LogP contribution in [0.3, 0.4) is 0 Å². The van der Waals surface area contributed by atoms with E-state index in [4.69, 9.17) is 20.8 Å². The summed E-state index contributed by atoms with van der Waals surface area (Å²) in [6.45, 7) is 1.93. The van der Waals surface area contributed by atoms with Crippen LogP contribution in [0.4, 0.5) is 11.5 Å². The van der Waals surface area contributed by atoms with Gasteiger partial charge >= 0.3 is 0 Å². The van der Waals surface area contributed by atoms with Gasteiger partial charge in [-0.3, -0.25) is 4.79 Å². The number of methoxy groups -OCH3 is 1. The maximum absolute atomic E-state index is 13.0. The maximum Gasteiger partial charge on any atom is 0.262 e. The van der Waals surface area contributed by atoms with Crippen LogP contribution in [0.1, 0.15) is 15.9 Å². The number of halogens is 1. The van der Waals surface area contributed by atoms with Crippen molar-refractivity contribution in [1.82, 2.24) is 4.98 Å². The van der Waals surface area contributed by atoms with Crippen LogP contribution in [0.2, 0.25) is 5.02 Å². The number of fused-ring (bicyclic) bond motifs is 1. The number of pyridine rings is 1. The molecule has 0 saturated heterocycles. The summed E-state index contributed by atoms with van der Waals surface area (Å²) in [6, 6.07) is 17.8. The molecule has 0 spiro atoms. The van der Waals surface area contributed by atoms with E-state index in [0.717, 1.165) is 10.9 Å². The van der Waals surface area contributed by atoms with Crippen molar-refractivity contribution >= 4 is 40.0 Å². The summed E-state index contributed by atoms with van der Waals surface area (Å²) in [5, 5.41) is 4.05. The predicted octanol–water partition coefficient (Wildman–Crippen LogP) is 5.28. The van der Waals surface area contributed by atoms with Crippen molar-refractivity contribution in [3.63, 3.8) is 0 Å². The van der Waals surface area contributed by atoms with Crippen LogP contribution < -0.4 is 15.6 Å². The number of aryl methyl sites for hydroxylation is 1. The second-order valence-corrected chi connectivity index (χ2v) is 7.04. The summed E-state index contributed by atoms with van der Waals surface area (Å²) in [5.41, 5.74) is 2.45. The van der Waals surface area contributed by atoms with Gasteiger partial charge in [0.25, 0.3) is 5.91 Å². The van der Waals surface area contributed by atoms with E-state index in [9.17, 15) is 4.79 Å². The Morgan fingerprint density at radius 3 is 2.73 bits per heavy atom. The number of carbonyl (C=O) groups is 1. The lowest BCUT2D eigenvalue weighted by Crippen LogP contribution is -2.22. The summed E-state index contributed by atoms with van der Waals surface area (Å²) in [4.78, 5) is 21.8. The smallest absolute Gasteiger partial charge is 0.262 e. The number of aromatic nitrogens is 1. The van der Waals surface area contributed by atoms with Gasteiger partial charge < -0.3 is 14.5 Å². The SMILES string of the molecule is COc1ccc(Cl)cc1N=c1oc2ccccc2cc1C(=O)Nc1ccc(C)cn1. The molecule has 2 heterocycles. The molecule has 2 aromatic carbocycles. The molecule has 0 atom stereocenters. The lowest BCUT2D eigenvalue weighted by atomic mass is 10.1. The monoisotopic (exact) mass is 419 g/mol. The molecule has 0 aliphatic heterocycles. The number of amides is 1. The van der Waals surface area contributed by atoms with Gasteiger partial charge in [-0.05, 0) is 48.9 Å². The van der Waals surface area contributed by atoms with Crippen molar-refractivity contribution < 1.29 is 13.9 Å². The Balaban J connectivity index is 1.87. The fourth-order valence-electron chi connectivity index (χ4n) is 2.90. The van der Waals surface area contributed by atoms with E-state index in [2.05, 4.69) is 15.3 Å². The standard InChI is InChI=1S/C23H18ClN3O3/c1-14-7-10-21(25-13-14)27-22(28)17-11-15-5-3-4-6-19(15)30-23(17)26-18-12-16(24)8-9-20(18)29-2/h3-13H,1-2H3,(H,25,27,28). The van der Waals surface area contributed by atoms with Gasteiger partial charge in [0.1, 0.15) is 28.4 Å². The van der Waals surface area contributed by atoms with Crippen molar-refractivity contribution in [1.29, 1.82) is 0 Å². The molecule has 0 aliphatic carbocycles. The summed E-state index contributed by atoms with van der Waals surface area (Å²) < 4.78 is 11.3. The first-order valence-electron chi connectivity index (χ1n) is 9.18. The molecule has 30 heavy (non-hydrogen) atoms. The van der Waals surface area contributed by atoms with E-state index < -0.39 is 0 Å². The second kappa shape index (κ2) is 8.39. The molecule has 6 nitrogen and oxygen atoms in total. The quantitative estimate of drug-likeness (QED) is 0.488. The van der Waals surface area contributed by atoms with Crippen LogP contribution in [0.15, 0.2) is 76.3 Å². The summed E-state index contributed by atoms with van der Waals surface area (Å²) >= 11 is 6.12. The van der Waals surface area contributed by atoms with Gasteiger partial charge in [-0.1, -0.05) is 35.9 Å². The van der Waals surface area contributed by atoms with Crippen molar-refractivity contribution in [3.8, 4) is 5.75 Å². The third-order valence-electron chi connectivity index (χ3n) is 4.42. The molecule has 4 rings (SSSR count). The average Bonchev–Trinajstić information content (AvgIpc) is 2.75. The Labute approximate surface area is 177 Å². The van der Waals surface area contributed by atoms with E-state index in [1.54, 1.807) is 36.5 Å². The number of ether oxygens (including phenoxy) is 1. The number of rotatable bonds is 4. The Kier molecular flexibility index (Phi) is 5.50. The number of hydrogen-bond donors (Lipinski definition) is 1. The molecule has 0 saturated carbocycles. The number of nitrogens with zero attached hydrogens (tertiary/aromatic N) is 2. The largest absolute Gasteiger partial charge is 0.494 e. The fraction of sp³-hybridized carbons (Fsp3) is 0.0870. The number of anilines is 1. The zero-order valence-electron chi connectivity index (χ0n) is 16.3. The molecule has 2 aromatic heterocycles. The lowest BCUT2D eigenvalue weighted by molar-refractivity contribution is 0.102. The van der Waals surface area contributed by atoms with Crippen molar-refractivity contribution in [2.45, 2.75) is 6.92 Å². The van der Waals surface area contributed by atoms with Crippen LogP contribution in [-0.4, -0.2) is 18.0 Å². The van der Waals surface area contributed by atoms with E-state index in [0.29, 0.717) is 27.9 Å². The minimum Gasteiger partial charge on any atom is -0.494 e. The number of nitrogens with one attached hydrogen (secondary N) is 1. The van der Waals surface area contributed by atoms with Crippen LogP contribution in [0.25, 0.3) is 11.0 Å². The Morgan fingerprint density at radius 1 is 1.13 bits per heavy atom. The number of carbonyl (C=O) groups excluding carboxylic acids is 1. The molecule has 1 amide bonds. The predicted molar refractivity (Wildman–Crippen MR) is 116 cm³/mol. The third kappa shape index (κ3) is 4.18. The summed E-state index contributed by atoms with van der Waals surface area (Å²) in [5.74, 6) is 0.556. The van der Waals surface area contributed by atoms with Gasteiger partial charge in [0.2, 0.25) is 5.55 Å². The average molecular weight is 420 g/mol. The second-order valence-electron chi connectivity index (χ2n) is 6.61. The van der Waals surface area contributed by atoms with Crippen LogP contribution in [0, 0.1) is 6.92 Å². The minimum absolute atomic E-state index is 0.138. The Hall–Kier alpha value is -3.64. The Bertz CT molecular complexity index is 1300. The fourth-order valence-corrected chi connectivity index (χ4v) is 3.07. The van der Waals surface area contributed by atoms with E-state index in [1.165, 1.54) is 7.11 Å². The maximum atomic E-state index is 13.0. The minimum atomic E-state index is -0.388. The molecular formula is C23H18ClN3O3. The van der Waals surface area contributed by atoms with Crippen molar-refractivity contribution in [2.75, 3.05) is 12.4 Å². The Morgan fingerprint density at radius 2 is 1.97 bits per heavy atom.